The summed E-state index contributed by atoms with van der Waals surface area (Å²) in [5.41, 5.74) is 4.83. The van der Waals surface area contributed by atoms with E-state index in [1.165, 1.54) is 6.07 Å². The number of pyridine rings is 1. The van der Waals surface area contributed by atoms with E-state index in [4.69, 9.17) is 5.84 Å². The average molecular weight is 310 g/mol. The molecule has 0 aliphatic carbocycles. The minimum absolute atomic E-state index is 0.304. The van der Waals surface area contributed by atoms with Gasteiger partial charge in [0.2, 0.25) is 0 Å². The van der Waals surface area contributed by atoms with Crippen molar-refractivity contribution in [2.24, 2.45) is 5.84 Å². The van der Waals surface area contributed by atoms with E-state index >= 15 is 0 Å². The smallest absolute Gasteiger partial charge is 0.128 e. The quantitative estimate of drug-likeness (QED) is 0.677. The third-order valence-corrected chi connectivity index (χ3v) is 3.20. The van der Waals surface area contributed by atoms with Crippen LogP contribution in [0.5, 0.6) is 0 Å². The number of nitrogens with zero attached hydrogens (tertiary/aromatic N) is 1. The summed E-state index contributed by atoms with van der Waals surface area (Å²) in [5, 5.41) is 0. The first-order valence-electron chi connectivity index (χ1n) is 5.45. The molecule has 3 N–H and O–H groups in total. The Labute approximate surface area is 113 Å². The van der Waals surface area contributed by atoms with Crippen LogP contribution in [0.15, 0.2) is 41.0 Å². The molecule has 0 saturated heterocycles. The van der Waals surface area contributed by atoms with E-state index in [9.17, 15) is 4.39 Å². The minimum atomic E-state index is -0.421. The maximum atomic E-state index is 13.8. The molecule has 0 amide bonds. The van der Waals surface area contributed by atoms with Gasteiger partial charge in [0, 0.05) is 21.9 Å². The summed E-state index contributed by atoms with van der Waals surface area (Å²) in [6, 6.07) is 8.10. The van der Waals surface area contributed by atoms with Gasteiger partial charge in [-0.3, -0.25) is 10.8 Å². The van der Waals surface area contributed by atoms with Crippen molar-refractivity contribution in [2.45, 2.75) is 13.0 Å². The zero-order valence-electron chi connectivity index (χ0n) is 9.82. The topological polar surface area (TPSA) is 50.9 Å². The van der Waals surface area contributed by atoms with Gasteiger partial charge >= 0.3 is 0 Å². The van der Waals surface area contributed by atoms with Crippen LogP contribution in [0, 0.1) is 12.7 Å². The molecule has 1 aromatic carbocycles. The van der Waals surface area contributed by atoms with Crippen molar-refractivity contribution in [3.63, 3.8) is 0 Å². The molecule has 18 heavy (non-hydrogen) atoms. The number of benzene rings is 1. The van der Waals surface area contributed by atoms with Crippen LogP contribution in [0.2, 0.25) is 0 Å². The van der Waals surface area contributed by atoms with Gasteiger partial charge in [-0.15, -0.1) is 0 Å². The predicted molar refractivity (Wildman–Crippen MR) is 72.2 cm³/mol. The fourth-order valence-electron chi connectivity index (χ4n) is 1.75. The lowest BCUT2D eigenvalue weighted by molar-refractivity contribution is 0.559. The van der Waals surface area contributed by atoms with E-state index in [1.54, 1.807) is 18.3 Å². The molecule has 5 heteroatoms. The maximum Gasteiger partial charge on any atom is 0.128 e. The summed E-state index contributed by atoms with van der Waals surface area (Å²) in [5.74, 6) is 5.23. The lowest BCUT2D eigenvalue weighted by atomic mass is 10.00. The van der Waals surface area contributed by atoms with Crippen LogP contribution in [0.4, 0.5) is 4.39 Å². The maximum absolute atomic E-state index is 13.8. The first kappa shape index (κ1) is 13.1. The molecular formula is C13H13BrFN3. The van der Waals surface area contributed by atoms with Crippen LogP contribution in [-0.2, 0) is 0 Å². The van der Waals surface area contributed by atoms with Crippen LogP contribution in [0.1, 0.15) is 22.9 Å². The summed E-state index contributed by atoms with van der Waals surface area (Å²) in [6.07, 6.45) is 1.69. The van der Waals surface area contributed by atoms with Gasteiger partial charge in [-0.05, 0) is 36.8 Å². The number of hydrogen-bond acceptors (Lipinski definition) is 3. The van der Waals surface area contributed by atoms with Gasteiger partial charge in [0.25, 0.3) is 0 Å². The summed E-state index contributed by atoms with van der Waals surface area (Å²) in [4.78, 5) is 4.20. The van der Waals surface area contributed by atoms with Crippen molar-refractivity contribution in [3.8, 4) is 0 Å². The Balaban J connectivity index is 2.44. The van der Waals surface area contributed by atoms with Gasteiger partial charge in [0.05, 0.1) is 6.04 Å². The summed E-state index contributed by atoms with van der Waals surface area (Å²) >= 11 is 3.33. The second kappa shape index (κ2) is 5.56. The highest BCUT2D eigenvalue weighted by atomic mass is 79.9. The van der Waals surface area contributed by atoms with Crippen LogP contribution >= 0.6 is 15.9 Å². The van der Waals surface area contributed by atoms with E-state index in [-0.39, 0.29) is 5.82 Å². The van der Waals surface area contributed by atoms with Crippen LogP contribution in [-0.4, -0.2) is 4.98 Å². The first-order chi connectivity index (χ1) is 8.61. The fourth-order valence-corrected chi connectivity index (χ4v) is 2.13. The minimum Gasteiger partial charge on any atom is -0.271 e. The Morgan fingerprint density at radius 2 is 2.11 bits per heavy atom. The highest BCUT2D eigenvalue weighted by Gasteiger charge is 2.17. The molecule has 1 unspecified atom stereocenters. The largest absolute Gasteiger partial charge is 0.271 e. The molecule has 3 nitrogen and oxygen atoms in total. The van der Waals surface area contributed by atoms with Gasteiger partial charge < -0.3 is 0 Å². The van der Waals surface area contributed by atoms with Crippen LogP contribution < -0.4 is 11.3 Å². The van der Waals surface area contributed by atoms with Gasteiger partial charge in [-0.25, -0.2) is 9.82 Å². The number of aromatic nitrogens is 1. The lowest BCUT2D eigenvalue weighted by Gasteiger charge is -2.17. The third-order valence-electron chi connectivity index (χ3n) is 2.70. The molecule has 0 saturated carbocycles. The van der Waals surface area contributed by atoms with E-state index < -0.39 is 6.04 Å². The summed E-state index contributed by atoms with van der Waals surface area (Å²) in [6.45, 7) is 1.90. The van der Waals surface area contributed by atoms with E-state index in [2.05, 4.69) is 26.3 Å². The number of hydrazine groups is 1. The van der Waals surface area contributed by atoms with Crippen LogP contribution in [0.3, 0.4) is 0 Å². The number of hydrogen-bond donors (Lipinski definition) is 2. The van der Waals surface area contributed by atoms with Crippen molar-refractivity contribution >= 4 is 15.9 Å². The number of nitrogens with one attached hydrogen (secondary N) is 1. The fraction of sp³-hybridized carbons (Fsp3) is 0.154. The molecule has 0 spiro atoms. The Morgan fingerprint density at radius 3 is 2.72 bits per heavy atom. The van der Waals surface area contributed by atoms with Crippen molar-refractivity contribution in [2.75, 3.05) is 0 Å². The summed E-state index contributed by atoms with van der Waals surface area (Å²) in [7, 11) is 0. The molecule has 1 heterocycles. The summed E-state index contributed by atoms with van der Waals surface area (Å²) < 4.78 is 14.6. The molecule has 0 bridgehead atoms. The van der Waals surface area contributed by atoms with Gasteiger partial charge in [-0.2, -0.15) is 0 Å². The van der Waals surface area contributed by atoms with Crippen molar-refractivity contribution in [3.05, 3.63) is 63.6 Å². The van der Waals surface area contributed by atoms with Gasteiger partial charge in [0.15, 0.2) is 0 Å². The molecule has 1 aromatic heterocycles. The molecule has 2 aromatic rings. The number of halogens is 2. The molecule has 0 aliphatic rings. The third kappa shape index (κ3) is 2.75. The molecule has 0 fully saturated rings. The number of nitrogens with two attached hydrogens (primary N) is 1. The zero-order chi connectivity index (χ0) is 13.1. The second-order valence-electron chi connectivity index (χ2n) is 4.00. The molecular weight excluding hydrogens is 297 g/mol. The highest BCUT2D eigenvalue weighted by molar-refractivity contribution is 9.10. The predicted octanol–water partition coefficient (Wildman–Crippen LogP) is 2.84. The van der Waals surface area contributed by atoms with E-state index in [0.29, 0.717) is 5.56 Å². The monoisotopic (exact) mass is 309 g/mol. The number of aryl methyl sites for hydroxylation is 1. The van der Waals surface area contributed by atoms with Gasteiger partial charge in [0.1, 0.15) is 5.82 Å². The molecule has 0 aliphatic heterocycles. The first-order valence-corrected chi connectivity index (χ1v) is 6.24. The second-order valence-corrected chi connectivity index (χ2v) is 4.91. The molecule has 0 radical (unpaired) electrons. The Morgan fingerprint density at radius 1 is 1.33 bits per heavy atom. The molecule has 94 valence electrons. The van der Waals surface area contributed by atoms with Crippen LogP contribution in [0.25, 0.3) is 0 Å². The lowest BCUT2D eigenvalue weighted by Crippen LogP contribution is -2.29. The Hall–Kier alpha value is -1.30. The van der Waals surface area contributed by atoms with Gasteiger partial charge in [-0.1, -0.05) is 22.0 Å². The Kier molecular flexibility index (Phi) is 4.06. The highest BCUT2D eigenvalue weighted by Crippen LogP contribution is 2.26. The normalized spacial score (nSPS) is 12.4. The number of rotatable bonds is 3. The van der Waals surface area contributed by atoms with E-state index in [0.717, 1.165) is 15.7 Å². The zero-order valence-corrected chi connectivity index (χ0v) is 11.4. The molecule has 2 rings (SSSR count). The van der Waals surface area contributed by atoms with Crippen molar-refractivity contribution < 1.29 is 4.39 Å². The standard InChI is InChI=1S/C13H13BrFN3/c1-8-2-3-9(7-17-8)13(18-16)11-6-10(14)4-5-12(11)15/h2-7,13,18H,16H2,1H3. The van der Waals surface area contributed by atoms with Crippen molar-refractivity contribution in [1.82, 2.24) is 10.4 Å². The Bertz CT molecular complexity index is 542. The van der Waals surface area contributed by atoms with E-state index in [1.807, 2.05) is 19.1 Å². The SMILES string of the molecule is Cc1ccc(C(NN)c2cc(Br)ccc2F)cn1. The average Bonchev–Trinajstić information content (AvgIpc) is 2.37. The van der Waals surface area contributed by atoms with Crippen molar-refractivity contribution in [1.29, 1.82) is 0 Å². The molecule has 1 atom stereocenters.